The van der Waals surface area contributed by atoms with E-state index >= 15 is 0 Å². The Hall–Kier alpha value is -3.71. The van der Waals surface area contributed by atoms with Crippen molar-refractivity contribution in [3.63, 3.8) is 0 Å². The minimum atomic E-state index is -0.797. The summed E-state index contributed by atoms with van der Waals surface area (Å²) in [6, 6.07) is 12.3. The zero-order chi connectivity index (χ0) is 23.2. The number of anilines is 1. The van der Waals surface area contributed by atoms with Gasteiger partial charge in [-0.2, -0.15) is 0 Å². The van der Waals surface area contributed by atoms with E-state index in [1.165, 1.54) is 18.2 Å². The SMILES string of the molecule is Cc1cccc(N2C(=O)NC(=O)/C(=C\c3cc(C)n(-c4ccc(F)c(Cl)c4)c3C)C2=O)c1. The molecule has 162 valence electrons. The number of hydrogen-bond acceptors (Lipinski definition) is 3. The standard InChI is InChI=1S/C24H19ClFN3O3/c1-13-5-4-6-17(9-13)29-23(31)19(22(30)27-24(29)32)11-16-10-14(2)28(15(16)3)18-7-8-21(26)20(25)12-18/h4-12H,1-3H3,(H,27,30,32)/b19-11+. The van der Waals surface area contributed by atoms with Gasteiger partial charge in [0.05, 0.1) is 10.7 Å². The molecule has 0 atom stereocenters. The zero-order valence-corrected chi connectivity index (χ0v) is 18.3. The van der Waals surface area contributed by atoms with Gasteiger partial charge in [0.25, 0.3) is 11.8 Å². The number of aromatic nitrogens is 1. The van der Waals surface area contributed by atoms with Gasteiger partial charge in [-0.1, -0.05) is 23.7 Å². The smallest absolute Gasteiger partial charge is 0.318 e. The lowest BCUT2D eigenvalue weighted by atomic mass is 10.1. The van der Waals surface area contributed by atoms with Crippen LogP contribution < -0.4 is 10.2 Å². The third-order valence-electron chi connectivity index (χ3n) is 5.29. The molecular formula is C24H19ClFN3O3. The summed E-state index contributed by atoms with van der Waals surface area (Å²) in [5, 5.41) is 2.22. The minimum Gasteiger partial charge on any atom is -0.318 e. The number of nitrogens with one attached hydrogen (secondary N) is 1. The number of aryl methyl sites for hydroxylation is 2. The lowest BCUT2D eigenvalue weighted by Gasteiger charge is -2.26. The zero-order valence-electron chi connectivity index (χ0n) is 17.6. The van der Waals surface area contributed by atoms with Crippen LogP contribution in [0.5, 0.6) is 0 Å². The van der Waals surface area contributed by atoms with Crippen LogP contribution in [-0.4, -0.2) is 22.4 Å². The van der Waals surface area contributed by atoms with Crippen molar-refractivity contribution in [2.45, 2.75) is 20.8 Å². The van der Waals surface area contributed by atoms with Crippen molar-refractivity contribution >= 4 is 41.2 Å². The molecule has 6 nitrogen and oxygen atoms in total. The number of imide groups is 2. The second-order valence-electron chi connectivity index (χ2n) is 7.56. The van der Waals surface area contributed by atoms with Gasteiger partial charge in [0.2, 0.25) is 0 Å². The molecule has 0 bridgehead atoms. The first-order chi connectivity index (χ1) is 15.2. The molecule has 1 aliphatic heterocycles. The van der Waals surface area contributed by atoms with Gasteiger partial charge in [-0.25, -0.2) is 14.1 Å². The van der Waals surface area contributed by atoms with E-state index in [-0.39, 0.29) is 10.6 Å². The summed E-state index contributed by atoms with van der Waals surface area (Å²) in [6.07, 6.45) is 1.46. The van der Waals surface area contributed by atoms with Crippen LogP contribution in [0.1, 0.15) is 22.5 Å². The molecule has 0 saturated carbocycles. The maximum Gasteiger partial charge on any atom is 0.335 e. The van der Waals surface area contributed by atoms with E-state index in [0.717, 1.165) is 21.9 Å². The van der Waals surface area contributed by atoms with Crippen LogP contribution in [0.25, 0.3) is 11.8 Å². The van der Waals surface area contributed by atoms with E-state index in [1.807, 2.05) is 31.4 Å². The van der Waals surface area contributed by atoms with E-state index in [1.54, 1.807) is 30.3 Å². The van der Waals surface area contributed by atoms with Gasteiger partial charge in [-0.15, -0.1) is 0 Å². The number of nitrogens with zero attached hydrogens (tertiary/aromatic N) is 2. The highest BCUT2D eigenvalue weighted by Crippen LogP contribution is 2.28. The number of carbonyl (C=O) groups is 3. The van der Waals surface area contributed by atoms with Gasteiger partial charge in [0.1, 0.15) is 11.4 Å². The van der Waals surface area contributed by atoms with E-state index < -0.39 is 23.7 Å². The third-order valence-corrected chi connectivity index (χ3v) is 5.58. The van der Waals surface area contributed by atoms with Crippen molar-refractivity contribution < 1.29 is 18.8 Å². The van der Waals surface area contributed by atoms with Gasteiger partial charge < -0.3 is 4.57 Å². The van der Waals surface area contributed by atoms with E-state index in [0.29, 0.717) is 16.9 Å². The van der Waals surface area contributed by atoms with Crippen LogP contribution in [0.3, 0.4) is 0 Å². The van der Waals surface area contributed by atoms with Gasteiger partial charge in [-0.05, 0) is 74.4 Å². The molecule has 3 aromatic rings. The normalized spacial score (nSPS) is 15.5. The lowest BCUT2D eigenvalue weighted by molar-refractivity contribution is -0.122. The summed E-state index contributed by atoms with van der Waals surface area (Å²) in [7, 11) is 0. The highest BCUT2D eigenvalue weighted by Gasteiger charge is 2.37. The molecule has 2 heterocycles. The van der Waals surface area contributed by atoms with Crippen LogP contribution in [0, 0.1) is 26.6 Å². The number of carbonyl (C=O) groups excluding carboxylic acids is 3. The molecule has 1 fully saturated rings. The molecule has 1 N–H and O–H groups in total. The molecule has 0 aliphatic carbocycles. The minimum absolute atomic E-state index is 0.0101. The molecule has 0 unspecified atom stereocenters. The maximum absolute atomic E-state index is 13.6. The van der Waals surface area contributed by atoms with Crippen molar-refractivity contribution in [1.82, 2.24) is 9.88 Å². The Morgan fingerprint density at radius 2 is 1.72 bits per heavy atom. The molecule has 1 aromatic heterocycles. The highest BCUT2D eigenvalue weighted by molar-refractivity contribution is 6.39. The number of barbiturate groups is 1. The Kier molecular flexibility index (Phi) is 5.44. The summed E-state index contributed by atoms with van der Waals surface area (Å²) in [6.45, 7) is 5.50. The molecule has 1 aliphatic rings. The first kappa shape index (κ1) is 21.5. The second kappa shape index (κ2) is 8.09. The fraction of sp³-hybridized carbons (Fsp3) is 0.125. The quantitative estimate of drug-likeness (QED) is 0.456. The van der Waals surface area contributed by atoms with Gasteiger partial charge in [-0.3, -0.25) is 14.9 Å². The molecule has 1 saturated heterocycles. The molecule has 4 amide bonds. The number of rotatable bonds is 3. The topological polar surface area (TPSA) is 71.4 Å². The van der Waals surface area contributed by atoms with Crippen LogP contribution in [0.2, 0.25) is 5.02 Å². The van der Waals surface area contributed by atoms with Crippen LogP contribution >= 0.6 is 11.6 Å². The third kappa shape index (κ3) is 3.71. The molecule has 2 aromatic carbocycles. The number of benzene rings is 2. The fourth-order valence-electron chi connectivity index (χ4n) is 3.77. The molecule has 0 spiro atoms. The van der Waals surface area contributed by atoms with Gasteiger partial charge >= 0.3 is 6.03 Å². The Morgan fingerprint density at radius 3 is 2.41 bits per heavy atom. The van der Waals surface area contributed by atoms with E-state index in [4.69, 9.17) is 11.6 Å². The van der Waals surface area contributed by atoms with Crippen LogP contribution in [0.15, 0.2) is 54.1 Å². The second-order valence-corrected chi connectivity index (χ2v) is 7.96. The summed E-state index contributed by atoms with van der Waals surface area (Å²) in [4.78, 5) is 39.0. The van der Waals surface area contributed by atoms with E-state index in [9.17, 15) is 18.8 Å². The molecule has 32 heavy (non-hydrogen) atoms. The van der Waals surface area contributed by atoms with Crippen molar-refractivity contribution in [2.24, 2.45) is 0 Å². The van der Waals surface area contributed by atoms with Gasteiger partial charge in [0, 0.05) is 17.1 Å². The number of halogens is 2. The number of urea groups is 1. The average molecular weight is 452 g/mol. The fourth-order valence-corrected chi connectivity index (χ4v) is 3.94. The van der Waals surface area contributed by atoms with Gasteiger partial charge in [0.15, 0.2) is 0 Å². The Bertz CT molecular complexity index is 1330. The van der Waals surface area contributed by atoms with Crippen molar-refractivity contribution in [3.8, 4) is 5.69 Å². The summed E-state index contributed by atoms with van der Waals surface area (Å²) >= 11 is 5.93. The Labute approximate surface area is 188 Å². The van der Waals surface area contributed by atoms with E-state index in [2.05, 4.69) is 5.32 Å². The molecule has 4 rings (SSSR count). The molecule has 0 radical (unpaired) electrons. The summed E-state index contributed by atoms with van der Waals surface area (Å²) in [5.74, 6) is -2.00. The monoisotopic (exact) mass is 451 g/mol. The number of hydrogen-bond donors (Lipinski definition) is 1. The van der Waals surface area contributed by atoms with Crippen molar-refractivity contribution in [3.05, 3.63) is 87.5 Å². The maximum atomic E-state index is 13.6. The number of amides is 4. The molecular weight excluding hydrogens is 433 g/mol. The Morgan fingerprint density at radius 1 is 0.969 bits per heavy atom. The summed E-state index contributed by atoms with van der Waals surface area (Å²) < 4.78 is 15.4. The van der Waals surface area contributed by atoms with Crippen molar-refractivity contribution in [2.75, 3.05) is 4.90 Å². The highest BCUT2D eigenvalue weighted by atomic mass is 35.5. The average Bonchev–Trinajstić information content (AvgIpc) is 3.00. The largest absolute Gasteiger partial charge is 0.335 e. The Balaban J connectivity index is 1.77. The first-order valence-electron chi connectivity index (χ1n) is 9.80. The van der Waals surface area contributed by atoms with Crippen molar-refractivity contribution in [1.29, 1.82) is 0 Å². The first-order valence-corrected chi connectivity index (χ1v) is 10.2. The predicted octanol–water partition coefficient (Wildman–Crippen LogP) is 4.86. The van der Waals surface area contributed by atoms with Crippen LogP contribution in [-0.2, 0) is 9.59 Å². The lowest BCUT2D eigenvalue weighted by Crippen LogP contribution is -2.54. The van der Waals surface area contributed by atoms with Crippen LogP contribution in [0.4, 0.5) is 14.9 Å². The summed E-state index contributed by atoms with van der Waals surface area (Å²) in [5.41, 5.74) is 3.85. The molecule has 8 heteroatoms. The predicted molar refractivity (Wildman–Crippen MR) is 120 cm³/mol.